The number of nitrogens with zero attached hydrogens (tertiary/aromatic N) is 1. The Morgan fingerprint density at radius 1 is 1.11 bits per heavy atom. The summed E-state index contributed by atoms with van der Waals surface area (Å²) in [7, 11) is 0. The standard InChI is InChI=1S/C16H24N2/c1-2-4-14(5-3-1)6-9-17-13-16-12-15-7-10-18(16)11-8-15/h1-5,15-17H,6-13H2. The van der Waals surface area contributed by atoms with Gasteiger partial charge < -0.3 is 5.32 Å². The average molecular weight is 244 g/mol. The van der Waals surface area contributed by atoms with E-state index < -0.39 is 0 Å². The van der Waals surface area contributed by atoms with Crippen molar-refractivity contribution in [2.45, 2.75) is 31.7 Å². The van der Waals surface area contributed by atoms with E-state index in [-0.39, 0.29) is 0 Å². The Bertz CT molecular complexity index is 355. The third kappa shape index (κ3) is 2.93. The highest BCUT2D eigenvalue weighted by molar-refractivity contribution is 5.14. The minimum absolute atomic E-state index is 0.813. The molecule has 18 heavy (non-hydrogen) atoms. The van der Waals surface area contributed by atoms with E-state index in [1.165, 1.54) is 44.5 Å². The van der Waals surface area contributed by atoms with Crippen LogP contribution in [0.1, 0.15) is 24.8 Å². The Morgan fingerprint density at radius 3 is 2.56 bits per heavy atom. The van der Waals surface area contributed by atoms with Gasteiger partial charge in [-0.15, -0.1) is 0 Å². The van der Waals surface area contributed by atoms with E-state index in [0.717, 1.165) is 24.9 Å². The molecule has 0 spiro atoms. The van der Waals surface area contributed by atoms with Crippen LogP contribution in [0.2, 0.25) is 0 Å². The van der Waals surface area contributed by atoms with Gasteiger partial charge in [0.05, 0.1) is 0 Å². The van der Waals surface area contributed by atoms with Crippen LogP contribution in [-0.2, 0) is 6.42 Å². The molecule has 1 N–H and O–H groups in total. The van der Waals surface area contributed by atoms with Gasteiger partial charge in [0, 0.05) is 12.6 Å². The largest absolute Gasteiger partial charge is 0.315 e. The Kier molecular flexibility index (Phi) is 3.96. The molecule has 4 rings (SSSR count). The van der Waals surface area contributed by atoms with E-state index in [2.05, 4.69) is 40.5 Å². The summed E-state index contributed by atoms with van der Waals surface area (Å²) >= 11 is 0. The molecule has 3 aliphatic rings. The van der Waals surface area contributed by atoms with Gasteiger partial charge in [-0.05, 0) is 56.8 Å². The highest BCUT2D eigenvalue weighted by Crippen LogP contribution is 2.31. The number of piperidine rings is 3. The topological polar surface area (TPSA) is 15.3 Å². The molecular formula is C16H24N2. The summed E-state index contributed by atoms with van der Waals surface area (Å²) in [6.45, 7) is 4.98. The van der Waals surface area contributed by atoms with Crippen molar-refractivity contribution in [2.75, 3.05) is 26.2 Å². The third-order valence-corrected chi connectivity index (χ3v) is 4.58. The summed E-state index contributed by atoms with van der Waals surface area (Å²) < 4.78 is 0. The van der Waals surface area contributed by atoms with Crippen LogP contribution in [0.15, 0.2) is 30.3 Å². The van der Waals surface area contributed by atoms with Gasteiger partial charge in [-0.3, -0.25) is 4.90 Å². The minimum Gasteiger partial charge on any atom is -0.315 e. The van der Waals surface area contributed by atoms with Gasteiger partial charge in [0.15, 0.2) is 0 Å². The molecule has 2 heteroatoms. The molecule has 3 fully saturated rings. The fourth-order valence-corrected chi connectivity index (χ4v) is 3.45. The first kappa shape index (κ1) is 12.2. The number of fused-ring (bicyclic) bond motifs is 3. The lowest BCUT2D eigenvalue weighted by atomic mass is 9.83. The molecule has 98 valence electrons. The lowest BCUT2D eigenvalue weighted by Gasteiger charge is -2.45. The van der Waals surface area contributed by atoms with E-state index in [4.69, 9.17) is 0 Å². The maximum Gasteiger partial charge on any atom is 0.0223 e. The number of hydrogen-bond donors (Lipinski definition) is 1. The fourth-order valence-electron chi connectivity index (χ4n) is 3.45. The zero-order valence-corrected chi connectivity index (χ0v) is 11.1. The van der Waals surface area contributed by atoms with E-state index in [9.17, 15) is 0 Å². The van der Waals surface area contributed by atoms with Crippen molar-refractivity contribution in [3.05, 3.63) is 35.9 Å². The normalized spacial score (nSPS) is 30.6. The SMILES string of the molecule is c1ccc(CCNCC2CC3CCN2CC3)cc1. The Balaban J connectivity index is 1.38. The average Bonchev–Trinajstić information content (AvgIpc) is 2.46. The molecule has 0 aliphatic carbocycles. The van der Waals surface area contributed by atoms with Crippen LogP contribution in [-0.4, -0.2) is 37.1 Å². The summed E-state index contributed by atoms with van der Waals surface area (Å²) in [4.78, 5) is 2.69. The first-order valence-electron chi connectivity index (χ1n) is 7.40. The number of hydrogen-bond acceptors (Lipinski definition) is 2. The number of nitrogens with one attached hydrogen (secondary N) is 1. The second-order valence-electron chi connectivity index (χ2n) is 5.81. The summed E-state index contributed by atoms with van der Waals surface area (Å²) in [5.74, 6) is 1.02. The molecule has 3 aliphatic heterocycles. The van der Waals surface area contributed by atoms with Gasteiger partial charge in [-0.1, -0.05) is 30.3 Å². The van der Waals surface area contributed by atoms with E-state index in [0.29, 0.717) is 0 Å². The van der Waals surface area contributed by atoms with Crippen LogP contribution in [0.25, 0.3) is 0 Å². The molecule has 3 saturated heterocycles. The van der Waals surface area contributed by atoms with Crippen molar-refractivity contribution in [2.24, 2.45) is 5.92 Å². The monoisotopic (exact) mass is 244 g/mol. The van der Waals surface area contributed by atoms with Gasteiger partial charge in [0.2, 0.25) is 0 Å². The molecule has 0 radical (unpaired) electrons. The van der Waals surface area contributed by atoms with Gasteiger partial charge >= 0.3 is 0 Å². The van der Waals surface area contributed by atoms with Crippen LogP contribution in [0.3, 0.4) is 0 Å². The maximum atomic E-state index is 3.65. The molecule has 1 aromatic carbocycles. The zero-order valence-electron chi connectivity index (χ0n) is 11.1. The van der Waals surface area contributed by atoms with Crippen molar-refractivity contribution in [1.82, 2.24) is 10.2 Å². The van der Waals surface area contributed by atoms with Crippen LogP contribution < -0.4 is 5.32 Å². The Morgan fingerprint density at radius 2 is 1.89 bits per heavy atom. The van der Waals surface area contributed by atoms with Crippen LogP contribution in [0.4, 0.5) is 0 Å². The zero-order chi connectivity index (χ0) is 12.2. The van der Waals surface area contributed by atoms with Crippen LogP contribution >= 0.6 is 0 Å². The van der Waals surface area contributed by atoms with Gasteiger partial charge in [-0.2, -0.15) is 0 Å². The van der Waals surface area contributed by atoms with Gasteiger partial charge in [0.1, 0.15) is 0 Å². The molecule has 0 aromatic heterocycles. The van der Waals surface area contributed by atoms with E-state index in [1.54, 1.807) is 0 Å². The fraction of sp³-hybridized carbons (Fsp3) is 0.625. The molecule has 1 unspecified atom stereocenters. The Hall–Kier alpha value is -0.860. The highest BCUT2D eigenvalue weighted by atomic mass is 15.2. The molecular weight excluding hydrogens is 220 g/mol. The van der Waals surface area contributed by atoms with Crippen LogP contribution in [0.5, 0.6) is 0 Å². The molecule has 3 heterocycles. The molecule has 2 nitrogen and oxygen atoms in total. The van der Waals surface area contributed by atoms with Crippen molar-refractivity contribution < 1.29 is 0 Å². The number of benzene rings is 1. The lowest BCUT2D eigenvalue weighted by molar-refractivity contribution is 0.0498. The molecule has 0 amide bonds. The highest BCUT2D eigenvalue weighted by Gasteiger charge is 2.32. The predicted octanol–water partition coefficient (Wildman–Crippen LogP) is 2.30. The van der Waals surface area contributed by atoms with Crippen molar-refractivity contribution in [1.29, 1.82) is 0 Å². The quantitative estimate of drug-likeness (QED) is 0.800. The first-order valence-corrected chi connectivity index (χ1v) is 7.40. The molecule has 1 aromatic rings. The molecule has 2 bridgehead atoms. The second-order valence-corrected chi connectivity index (χ2v) is 5.81. The first-order chi connectivity index (χ1) is 8.92. The Labute approximate surface area is 110 Å². The molecule has 0 saturated carbocycles. The number of rotatable bonds is 5. The summed E-state index contributed by atoms with van der Waals surface area (Å²) in [6.07, 6.45) is 5.47. The van der Waals surface area contributed by atoms with Gasteiger partial charge in [0.25, 0.3) is 0 Å². The lowest BCUT2D eigenvalue weighted by Crippen LogP contribution is -2.52. The van der Waals surface area contributed by atoms with Crippen molar-refractivity contribution >= 4 is 0 Å². The smallest absolute Gasteiger partial charge is 0.0223 e. The third-order valence-electron chi connectivity index (χ3n) is 4.58. The van der Waals surface area contributed by atoms with E-state index in [1.807, 2.05) is 0 Å². The molecule has 1 atom stereocenters. The van der Waals surface area contributed by atoms with Gasteiger partial charge in [-0.25, -0.2) is 0 Å². The summed E-state index contributed by atoms with van der Waals surface area (Å²) in [6, 6.07) is 11.6. The van der Waals surface area contributed by atoms with Crippen molar-refractivity contribution in [3.63, 3.8) is 0 Å². The van der Waals surface area contributed by atoms with E-state index >= 15 is 0 Å². The minimum atomic E-state index is 0.813. The predicted molar refractivity (Wildman–Crippen MR) is 75.7 cm³/mol. The maximum absolute atomic E-state index is 3.65. The van der Waals surface area contributed by atoms with Crippen molar-refractivity contribution in [3.8, 4) is 0 Å². The summed E-state index contributed by atoms with van der Waals surface area (Å²) in [5, 5.41) is 3.65. The van der Waals surface area contributed by atoms with Crippen LogP contribution in [0, 0.1) is 5.92 Å². The second kappa shape index (κ2) is 5.85. The summed E-state index contributed by atoms with van der Waals surface area (Å²) in [5.41, 5.74) is 1.44.